The zero-order chi connectivity index (χ0) is 5.11. The largest absolute Gasteiger partial charge is 1.00 e. The fourth-order valence-electron chi connectivity index (χ4n) is 0.676. The maximum absolute atomic E-state index is 10.5. The van der Waals surface area contributed by atoms with Gasteiger partial charge in [0, 0.05) is 13.2 Å². The Balaban J connectivity index is 0.000000490. The molecule has 0 unspecified atom stereocenters. The van der Waals surface area contributed by atoms with E-state index >= 15 is 0 Å². The summed E-state index contributed by atoms with van der Waals surface area (Å²) < 4.78 is 4.94. The van der Waals surface area contributed by atoms with Crippen molar-refractivity contribution < 1.29 is 61.2 Å². The van der Waals surface area contributed by atoms with Crippen LogP contribution in [0.2, 0.25) is 0 Å². The van der Waals surface area contributed by atoms with Gasteiger partial charge in [0.15, 0.2) is 0 Å². The molecule has 0 amide bonds. The molecule has 1 aliphatic heterocycles. The van der Waals surface area contributed by atoms with E-state index in [1.807, 2.05) is 0 Å². The first-order chi connectivity index (χ1) is 3.39. The summed E-state index contributed by atoms with van der Waals surface area (Å²) in [4.78, 5) is 0. The zero-order valence-electron chi connectivity index (χ0n) is 5.22. The van der Waals surface area contributed by atoms with Gasteiger partial charge in [0.05, 0.1) is 0 Å². The van der Waals surface area contributed by atoms with Crippen molar-refractivity contribution >= 4 is 0 Å². The third kappa shape index (κ3) is 3.56. The third-order valence-corrected chi connectivity index (χ3v) is 1.17. The molecule has 0 aromatic heterocycles. The molecule has 0 aromatic rings. The molecule has 0 aromatic carbocycles. The van der Waals surface area contributed by atoms with Crippen molar-refractivity contribution in [3.8, 4) is 0 Å². The Morgan fingerprint density at radius 3 is 2.00 bits per heavy atom. The summed E-state index contributed by atoms with van der Waals surface area (Å²) >= 11 is 0. The molecule has 1 aliphatic rings. The van der Waals surface area contributed by atoms with Gasteiger partial charge >= 0.3 is 51.4 Å². The molecule has 0 radical (unpaired) electrons. The van der Waals surface area contributed by atoms with Crippen LogP contribution < -0.4 is 56.5 Å². The zero-order valence-corrected chi connectivity index (χ0v) is 8.35. The summed E-state index contributed by atoms with van der Waals surface area (Å²) in [6.07, 6.45) is 1.08. The monoisotopic (exact) mass is 140 g/mol. The molecule has 2 nitrogen and oxygen atoms in total. The number of ether oxygens (including phenoxy) is 1. The first kappa shape index (κ1) is 9.56. The van der Waals surface area contributed by atoms with Gasteiger partial charge in [-0.25, -0.2) is 0 Å². The number of rotatable bonds is 0. The maximum Gasteiger partial charge on any atom is 1.00 e. The van der Waals surface area contributed by atoms with E-state index < -0.39 is 0 Å². The summed E-state index contributed by atoms with van der Waals surface area (Å²) in [7, 11) is 0. The topological polar surface area (TPSA) is 32.3 Å². The van der Waals surface area contributed by atoms with E-state index in [2.05, 4.69) is 0 Å². The van der Waals surface area contributed by atoms with Crippen molar-refractivity contribution in [3.05, 3.63) is 0 Å². The molecule has 0 aliphatic carbocycles. The van der Waals surface area contributed by atoms with Crippen LogP contribution in [0.3, 0.4) is 0 Å². The molecule has 0 atom stereocenters. The van der Waals surface area contributed by atoms with Crippen LogP contribution in [0, 0.1) is 0 Å². The van der Waals surface area contributed by atoms with Gasteiger partial charge in [-0.1, -0.05) is 0 Å². The van der Waals surface area contributed by atoms with E-state index in [0.717, 1.165) is 0 Å². The van der Waals surface area contributed by atoms with Crippen molar-refractivity contribution in [2.24, 2.45) is 0 Å². The second kappa shape index (κ2) is 5.35. The van der Waals surface area contributed by atoms with Crippen molar-refractivity contribution in [3.63, 3.8) is 0 Å². The Morgan fingerprint density at radius 2 is 1.75 bits per heavy atom. The molecule has 0 spiro atoms. The van der Waals surface area contributed by atoms with Crippen LogP contribution in [0.4, 0.5) is 0 Å². The SMILES string of the molecule is [K+].[O-]C1CCOCC1. The van der Waals surface area contributed by atoms with E-state index in [9.17, 15) is 5.11 Å². The normalized spacial score (nSPS) is 22.1. The summed E-state index contributed by atoms with van der Waals surface area (Å²) in [6, 6.07) is 0. The molecule has 1 rings (SSSR count). The second-order valence-electron chi connectivity index (χ2n) is 1.81. The summed E-state index contributed by atoms with van der Waals surface area (Å²) in [5.74, 6) is 0. The molecule has 8 heavy (non-hydrogen) atoms. The van der Waals surface area contributed by atoms with E-state index in [0.29, 0.717) is 26.1 Å². The second-order valence-corrected chi connectivity index (χ2v) is 1.81. The average molecular weight is 140 g/mol. The number of hydrogen-bond donors (Lipinski definition) is 0. The molecular formula is C5H9KO2. The fourth-order valence-corrected chi connectivity index (χ4v) is 0.676. The Bertz CT molecular complexity index is 52.4. The van der Waals surface area contributed by atoms with E-state index in [4.69, 9.17) is 4.74 Å². The third-order valence-electron chi connectivity index (χ3n) is 1.17. The van der Waals surface area contributed by atoms with Crippen molar-refractivity contribution in [2.75, 3.05) is 13.2 Å². The molecule has 0 bridgehead atoms. The number of hydrogen-bond acceptors (Lipinski definition) is 2. The predicted octanol–water partition coefficient (Wildman–Crippen LogP) is -3.47. The molecule has 3 heteroatoms. The first-order valence-electron chi connectivity index (χ1n) is 2.63. The quantitative estimate of drug-likeness (QED) is 0.327. The van der Waals surface area contributed by atoms with Crippen LogP contribution in [-0.2, 0) is 4.74 Å². The van der Waals surface area contributed by atoms with Gasteiger partial charge in [-0.2, -0.15) is 0 Å². The van der Waals surface area contributed by atoms with Gasteiger partial charge in [0.1, 0.15) is 0 Å². The Kier molecular flexibility index (Phi) is 6.39. The summed E-state index contributed by atoms with van der Waals surface area (Å²) in [6.45, 7) is 1.35. The minimum atomic E-state index is -0.339. The van der Waals surface area contributed by atoms with Gasteiger partial charge < -0.3 is 9.84 Å². The molecule has 0 saturated carbocycles. The minimum absolute atomic E-state index is 0. The van der Waals surface area contributed by atoms with Crippen LogP contribution in [0.25, 0.3) is 0 Å². The molecule has 42 valence electrons. The summed E-state index contributed by atoms with van der Waals surface area (Å²) in [5, 5.41) is 10.5. The van der Waals surface area contributed by atoms with Crippen molar-refractivity contribution in [1.29, 1.82) is 0 Å². The van der Waals surface area contributed by atoms with Gasteiger partial charge in [0.25, 0.3) is 0 Å². The van der Waals surface area contributed by atoms with Crippen LogP contribution in [0.5, 0.6) is 0 Å². The molecular weight excluding hydrogens is 131 g/mol. The van der Waals surface area contributed by atoms with Gasteiger partial charge in [-0.05, 0) is 12.8 Å². The van der Waals surface area contributed by atoms with Gasteiger partial charge in [0.2, 0.25) is 0 Å². The molecule has 0 N–H and O–H groups in total. The van der Waals surface area contributed by atoms with Gasteiger partial charge in [-0.3, -0.25) is 0 Å². The fraction of sp³-hybridized carbons (Fsp3) is 1.00. The minimum Gasteiger partial charge on any atom is -0.852 e. The standard InChI is InChI=1S/C5H9O2.K/c6-5-1-3-7-4-2-5;/h5H,1-4H2;/q-1;+1. The van der Waals surface area contributed by atoms with Crippen molar-refractivity contribution in [1.82, 2.24) is 0 Å². The Labute approximate surface area is 92.0 Å². The smallest absolute Gasteiger partial charge is 0.852 e. The van der Waals surface area contributed by atoms with E-state index in [1.165, 1.54) is 0 Å². The average Bonchev–Trinajstić information content (AvgIpc) is 1.69. The molecule has 1 saturated heterocycles. The van der Waals surface area contributed by atoms with Crippen LogP contribution in [0.15, 0.2) is 0 Å². The van der Waals surface area contributed by atoms with E-state index in [-0.39, 0.29) is 57.5 Å². The van der Waals surface area contributed by atoms with Crippen LogP contribution in [0.1, 0.15) is 12.8 Å². The summed E-state index contributed by atoms with van der Waals surface area (Å²) in [5.41, 5.74) is 0. The molecule has 1 heterocycles. The Hall–Kier alpha value is 1.56. The first-order valence-corrected chi connectivity index (χ1v) is 2.63. The molecule has 1 fully saturated rings. The maximum atomic E-state index is 10.5. The predicted molar refractivity (Wildman–Crippen MR) is 23.8 cm³/mol. The Morgan fingerprint density at radius 1 is 1.25 bits per heavy atom. The van der Waals surface area contributed by atoms with Gasteiger partial charge in [-0.15, -0.1) is 6.10 Å². The van der Waals surface area contributed by atoms with Crippen LogP contribution >= 0.6 is 0 Å². The van der Waals surface area contributed by atoms with Crippen LogP contribution in [-0.4, -0.2) is 19.3 Å². The van der Waals surface area contributed by atoms with Crippen molar-refractivity contribution in [2.45, 2.75) is 18.9 Å². The van der Waals surface area contributed by atoms with E-state index in [1.54, 1.807) is 0 Å².